The molecule has 0 radical (unpaired) electrons. The van der Waals surface area contributed by atoms with Gasteiger partial charge in [0.2, 0.25) is 0 Å². The standard InChI is InChI=1S/C12H21NO2/c1-3-10(4-2)12(14)15-13-11-8-6-5-7-9-11/h3,11,13H,4-9H2,1-2H3/b10-3+. The zero-order chi connectivity index (χ0) is 11.1. The molecule has 1 fully saturated rings. The van der Waals surface area contributed by atoms with Gasteiger partial charge in [-0.05, 0) is 26.2 Å². The first-order valence-electron chi connectivity index (χ1n) is 5.89. The van der Waals surface area contributed by atoms with Crippen molar-refractivity contribution in [2.45, 2.75) is 58.4 Å². The number of rotatable bonds is 4. The Balaban J connectivity index is 2.26. The van der Waals surface area contributed by atoms with Crippen LogP contribution in [0.25, 0.3) is 0 Å². The Bertz CT molecular complexity index is 230. The summed E-state index contributed by atoms with van der Waals surface area (Å²) in [6, 6.07) is 0.359. The molecule has 0 atom stereocenters. The van der Waals surface area contributed by atoms with E-state index in [0.717, 1.165) is 24.8 Å². The van der Waals surface area contributed by atoms with E-state index in [1.54, 1.807) is 0 Å². The summed E-state index contributed by atoms with van der Waals surface area (Å²) in [5, 5.41) is 0. The van der Waals surface area contributed by atoms with Crippen LogP contribution in [0.1, 0.15) is 52.4 Å². The summed E-state index contributed by atoms with van der Waals surface area (Å²) in [4.78, 5) is 16.6. The molecule has 0 amide bonds. The largest absolute Gasteiger partial charge is 0.367 e. The van der Waals surface area contributed by atoms with Crippen molar-refractivity contribution in [1.29, 1.82) is 0 Å². The van der Waals surface area contributed by atoms with Crippen LogP contribution < -0.4 is 5.48 Å². The topological polar surface area (TPSA) is 38.3 Å². The molecule has 0 heterocycles. The Morgan fingerprint density at radius 3 is 2.60 bits per heavy atom. The molecule has 1 rings (SSSR count). The van der Waals surface area contributed by atoms with Gasteiger partial charge in [-0.25, -0.2) is 4.79 Å². The van der Waals surface area contributed by atoms with Crippen LogP contribution in [0.15, 0.2) is 11.6 Å². The summed E-state index contributed by atoms with van der Waals surface area (Å²) >= 11 is 0. The summed E-state index contributed by atoms with van der Waals surface area (Å²) in [5.41, 5.74) is 3.61. The number of hydrogen-bond acceptors (Lipinski definition) is 3. The predicted molar refractivity (Wildman–Crippen MR) is 60.1 cm³/mol. The van der Waals surface area contributed by atoms with Gasteiger partial charge in [0, 0.05) is 11.6 Å². The molecule has 0 aromatic carbocycles. The maximum Gasteiger partial charge on any atom is 0.352 e. The molecule has 1 aliphatic carbocycles. The van der Waals surface area contributed by atoms with Crippen molar-refractivity contribution in [3.05, 3.63) is 11.6 Å². The lowest BCUT2D eigenvalue weighted by molar-refractivity contribution is -0.148. The second-order valence-electron chi connectivity index (χ2n) is 4.01. The van der Waals surface area contributed by atoms with Gasteiger partial charge in [-0.15, -0.1) is 5.48 Å². The van der Waals surface area contributed by atoms with Crippen LogP contribution in [-0.2, 0) is 9.63 Å². The summed E-state index contributed by atoms with van der Waals surface area (Å²) in [6.45, 7) is 3.82. The molecule has 86 valence electrons. The second-order valence-corrected chi connectivity index (χ2v) is 4.01. The first-order valence-corrected chi connectivity index (χ1v) is 5.89. The number of hydroxylamine groups is 1. The third kappa shape index (κ3) is 4.04. The van der Waals surface area contributed by atoms with E-state index in [4.69, 9.17) is 4.84 Å². The van der Waals surface area contributed by atoms with Gasteiger partial charge >= 0.3 is 5.97 Å². The number of carbonyl (C=O) groups excluding carboxylic acids is 1. The zero-order valence-corrected chi connectivity index (χ0v) is 9.71. The van der Waals surface area contributed by atoms with Crippen molar-refractivity contribution in [3.63, 3.8) is 0 Å². The van der Waals surface area contributed by atoms with E-state index < -0.39 is 0 Å². The fraction of sp³-hybridized carbons (Fsp3) is 0.750. The lowest BCUT2D eigenvalue weighted by atomic mass is 9.96. The van der Waals surface area contributed by atoms with Crippen LogP contribution in [-0.4, -0.2) is 12.0 Å². The fourth-order valence-electron chi connectivity index (χ4n) is 1.89. The molecule has 0 unspecified atom stereocenters. The van der Waals surface area contributed by atoms with E-state index in [1.807, 2.05) is 19.9 Å². The SMILES string of the molecule is C/C=C(\CC)C(=O)ONC1CCCCC1. The number of nitrogens with one attached hydrogen (secondary N) is 1. The van der Waals surface area contributed by atoms with Crippen molar-refractivity contribution in [2.24, 2.45) is 0 Å². The Hall–Kier alpha value is -0.830. The van der Waals surface area contributed by atoms with E-state index in [9.17, 15) is 4.79 Å². The lowest BCUT2D eigenvalue weighted by Gasteiger charge is -2.21. The van der Waals surface area contributed by atoms with Gasteiger partial charge in [-0.3, -0.25) is 0 Å². The summed E-state index contributed by atoms with van der Waals surface area (Å²) in [7, 11) is 0. The van der Waals surface area contributed by atoms with Crippen molar-refractivity contribution in [3.8, 4) is 0 Å². The fourth-order valence-corrected chi connectivity index (χ4v) is 1.89. The Morgan fingerprint density at radius 1 is 1.40 bits per heavy atom. The minimum absolute atomic E-state index is 0.231. The van der Waals surface area contributed by atoms with Crippen molar-refractivity contribution < 1.29 is 9.63 Å². The van der Waals surface area contributed by atoms with Crippen LogP contribution in [0.3, 0.4) is 0 Å². The monoisotopic (exact) mass is 211 g/mol. The van der Waals surface area contributed by atoms with E-state index in [-0.39, 0.29) is 5.97 Å². The predicted octanol–water partition coefficient (Wildman–Crippen LogP) is 2.72. The highest BCUT2D eigenvalue weighted by atomic mass is 16.7. The average molecular weight is 211 g/mol. The van der Waals surface area contributed by atoms with E-state index in [2.05, 4.69) is 5.48 Å². The molecule has 15 heavy (non-hydrogen) atoms. The van der Waals surface area contributed by atoms with Crippen molar-refractivity contribution in [2.75, 3.05) is 0 Å². The number of hydrogen-bond donors (Lipinski definition) is 1. The van der Waals surface area contributed by atoms with Gasteiger partial charge in [0.05, 0.1) is 0 Å². The van der Waals surface area contributed by atoms with Crippen molar-refractivity contribution in [1.82, 2.24) is 5.48 Å². The summed E-state index contributed by atoms with van der Waals surface area (Å²) < 4.78 is 0. The van der Waals surface area contributed by atoms with E-state index in [0.29, 0.717) is 6.04 Å². The molecule has 1 N–H and O–H groups in total. The Morgan fingerprint density at radius 2 is 2.07 bits per heavy atom. The van der Waals surface area contributed by atoms with Gasteiger partial charge in [-0.2, -0.15) is 0 Å². The minimum Gasteiger partial charge on any atom is -0.367 e. The highest BCUT2D eigenvalue weighted by molar-refractivity contribution is 5.87. The molecule has 0 bridgehead atoms. The smallest absolute Gasteiger partial charge is 0.352 e. The van der Waals surface area contributed by atoms with Crippen LogP contribution >= 0.6 is 0 Å². The summed E-state index contributed by atoms with van der Waals surface area (Å²) in [5.74, 6) is -0.231. The number of carbonyl (C=O) groups is 1. The highest BCUT2D eigenvalue weighted by Crippen LogP contribution is 2.17. The molecule has 0 spiro atoms. The van der Waals surface area contributed by atoms with Gasteiger partial charge in [-0.1, -0.05) is 32.3 Å². The Labute approximate surface area is 91.8 Å². The van der Waals surface area contributed by atoms with Gasteiger partial charge in [0.1, 0.15) is 0 Å². The molecule has 1 aliphatic rings. The number of allylic oxidation sites excluding steroid dienone is 1. The quantitative estimate of drug-likeness (QED) is 0.574. The third-order valence-corrected chi connectivity index (χ3v) is 2.92. The normalized spacial score (nSPS) is 18.9. The average Bonchev–Trinajstić information content (AvgIpc) is 2.29. The molecule has 0 aliphatic heterocycles. The minimum atomic E-state index is -0.231. The molecule has 3 heteroatoms. The van der Waals surface area contributed by atoms with E-state index in [1.165, 1.54) is 19.3 Å². The molecule has 0 aromatic rings. The zero-order valence-electron chi connectivity index (χ0n) is 9.71. The molecular formula is C12H21NO2. The molecule has 1 saturated carbocycles. The second kappa shape index (κ2) is 6.62. The molecule has 3 nitrogen and oxygen atoms in total. The van der Waals surface area contributed by atoms with Crippen LogP contribution in [0.5, 0.6) is 0 Å². The third-order valence-electron chi connectivity index (χ3n) is 2.92. The van der Waals surface area contributed by atoms with Crippen LogP contribution in [0.2, 0.25) is 0 Å². The van der Waals surface area contributed by atoms with Crippen LogP contribution in [0, 0.1) is 0 Å². The van der Waals surface area contributed by atoms with Gasteiger partial charge in [0.15, 0.2) is 0 Å². The van der Waals surface area contributed by atoms with Crippen molar-refractivity contribution >= 4 is 5.97 Å². The van der Waals surface area contributed by atoms with E-state index >= 15 is 0 Å². The first-order chi connectivity index (χ1) is 7.27. The highest BCUT2D eigenvalue weighted by Gasteiger charge is 2.15. The maximum absolute atomic E-state index is 11.5. The molecule has 0 saturated heterocycles. The van der Waals surface area contributed by atoms with Gasteiger partial charge in [0.25, 0.3) is 0 Å². The Kier molecular flexibility index (Phi) is 5.40. The first kappa shape index (κ1) is 12.2. The van der Waals surface area contributed by atoms with Gasteiger partial charge < -0.3 is 4.84 Å². The van der Waals surface area contributed by atoms with Crippen LogP contribution in [0.4, 0.5) is 0 Å². The lowest BCUT2D eigenvalue weighted by Crippen LogP contribution is -2.33. The molecule has 0 aromatic heterocycles. The summed E-state index contributed by atoms with van der Waals surface area (Å²) in [6.07, 6.45) is 8.54. The maximum atomic E-state index is 11.5. The molecular weight excluding hydrogens is 190 g/mol.